The number of nitrogen functional groups attached to an aromatic ring is 2. The van der Waals surface area contributed by atoms with Gasteiger partial charge in [0, 0.05) is 22.9 Å². The lowest BCUT2D eigenvalue weighted by molar-refractivity contribution is 0.804. The normalized spacial score (nSPS) is 20.2. The number of hydrogen-bond acceptors (Lipinski definition) is 2. The van der Waals surface area contributed by atoms with Crippen LogP contribution in [0.4, 0.5) is 11.4 Å². The summed E-state index contributed by atoms with van der Waals surface area (Å²) in [5, 5.41) is 0. The lowest BCUT2D eigenvalue weighted by atomic mass is 9.93. The molecule has 0 bridgehead atoms. The van der Waals surface area contributed by atoms with Crippen LogP contribution in [0, 0.1) is 6.92 Å². The molecule has 1 unspecified atom stereocenters. The van der Waals surface area contributed by atoms with Crippen LogP contribution in [0.25, 0.3) is 0 Å². The molecule has 0 saturated heterocycles. The quantitative estimate of drug-likeness (QED) is 0.525. The maximum absolute atomic E-state index is 6.05. The Morgan fingerprint density at radius 2 is 2.07 bits per heavy atom. The molecule has 0 heterocycles. The summed E-state index contributed by atoms with van der Waals surface area (Å²) in [5.74, 6) is 0.426. The van der Waals surface area contributed by atoms with Gasteiger partial charge in [0.15, 0.2) is 0 Å². The second-order valence-corrected chi connectivity index (χ2v) is 3.91. The van der Waals surface area contributed by atoms with E-state index >= 15 is 0 Å². The minimum absolute atomic E-state index is 0.426. The predicted molar refractivity (Wildman–Crippen MR) is 61.1 cm³/mol. The van der Waals surface area contributed by atoms with Crippen molar-refractivity contribution in [2.45, 2.75) is 25.7 Å². The summed E-state index contributed by atoms with van der Waals surface area (Å²) in [7, 11) is 0. The van der Waals surface area contributed by atoms with Gasteiger partial charge in [-0.1, -0.05) is 18.2 Å². The largest absolute Gasteiger partial charge is 0.398 e. The maximum Gasteiger partial charge on any atom is 0.0403 e. The molecule has 1 atom stereocenters. The predicted octanol–water partition coefficient (Wildman–Crippen LogP) is 2.59. The van der Waals surface area contributed by atoms with Crippen LogP contribution < -0.4 is 11.5 Å². The fourth-order valence-corrected chi connectivity index (χ4v) is 2.05. The van der Waals surface area contributed by atoms with E-state index in [1.54, 1.807) is 0 Å². The van der Waals surface area contributed by atoms with Crippen molar-refractivity contribution in [1.29, 1.82) is 0 Å². The Labute approximate surface area is 84.6 Å². The van der Waals surface area contributed by atoms with E-state index in [9.17, 15) is 0 Å². The Morgan fingerprint density at radius 3 is 2.71 bits per heavy atom. The van der Waals surface area contributed by atoms with Gasteiger partial charge < -0.3 is 11.5 Å². The first-order valence-corrected chi connectivity index (χ1v) is 5.01. The van der Waals surface area contributed by atoms with Crippen LogP contribution in [-0.4, -0.2) is 0 Å². The van der Waals surface area contributed by atoms with Gasteiger partial charge >= 0.3 is 0 Å². The van der Waals surface area contributed by atoms with E-state index in [1.807, 2.05) is 19.1 Å². The zero-order chi connectivity index (χ0) is 10.1. The third-order valence-corrected chi connectivity index (χ3v) is 2.92. The van der Waals surface area contributed by atoms with E-state index in [-0.39, 0.29) is 0 Å². The van der Waals surface area contributed by atoms with Gasteiger partial charge in [-0.25, -0.2) is 0 Å². The number of rotatable bonds is 1. The van der Waals surface area contributed by atoms with Crippen LogP contribution in [0.5, 0.6) is 0 Å². The first-order chi connectivity index (χ1) is 6.70. The minimum Gasteiger partial charge on any atom is -0.398 e. The Bertz CT molecular complexity index is 380. The average Bonchev–Trinajstić information content (AvgIpc) is 2.65. The molecule has 74 valence electrons. The molecule has 14 heavy (non-hydrogen) atoms. The molecule has 1 aromatic carbocycles. The van der Waals surface area contributed by atoms with Crippen molar-refractivity contribution >= 4 is 11.4 Å². The number of allylic oxidation sites excluding steroid dienone is 2. The number of hydrogen-bond donors (Lipinski definition) is 2. The lowest BCUT2D eigenvalue weighted by Crippen LogP contribution is -2.05. The van der Waals surface area contributed by atoms with Crippen molar-refractivity contribution in [3.8, 4) is 0 Å². The molecule has 2 heteroatoms. The highest BCUT2D eigenvalue weighted by Crippen LogP contribution is 2.37. The molecule has 4 N–H and O–H groups in total. The van der Waals surface area contributed by atoms with Crippen LogP contribution in [0.1, 0.15) is 29.9 Å². The summed E-state index contributed by atoms with van der Waals surface area (Å²) in [6, 6.07) is 3.93. The van der Waals surface area contributed by atoms with Gasteiger partial charge in [-0.2, -0.15) is 0 Å². The molecular weight excluding hydrogens is 172 g/mol. The fraction of sp³-hybridized carbons (Fsp3) is 0.333. The number of nitrogens with two attached hydrogens (primary N) is 2. The monoisotopic (exact) mass is 188 g/mol. The molecular formula is C12H16N2. The SMILES string of the molecule is Cc1ccc(N)c(C2C=CCC2)c1N. The average molecular weight is 188 g/mol. The Balaban J connectivity index is 2.50. The minimum atomic E-state index is 0.426. The number of benzene rings is 1. The van der Waals surface area contributed by atoms with E-state index in [0.29, 0.717) is 5.92 Å². The molecule has 2 nitrogen and oxygen atoms in total. The lowest BCUT2D eigenvalue weighted by Gasteiger charge is -2.16. The summed E-state index contributed by atoms with van der Waals surface area (Å²) in [6.07, 6.45) is 6.68. The topological polar surface area (TPSA) is 52.0 Å². The number of aryl methyl sites for hydroxylation is 1. The smallest absolute Gasteiger partial charge is 0.0403 e. The Hall–Kier alpha value is -1.44. The van der Waals surface area contributed by atoms with Crippen molar-refractivity contribution in [2.24, 2.45) is 0 Å². The molecule has 2 rings (SSSR count). The van der Waals surface area contributed by atoms with Gasteiger partial charge in [-0.15, -0.1) is 0 Å². The molecule has 0 spiro atoms. The third kappa shape index (κ3) is 1.37. The van der Waals surface area contributed by atoms with E-state index < -0.39 is 0 Å². The summed E-state index contributed by atoms with van der Waals surface area (Å²) >= 11 is 0. The van der Waals surface area contributed by atoms with Crippen molar-refractivity contribution in [3.63, 3.8) is 0 Å². The highest BCUT2D eigenvalue weighted by Gasteiger charge is 2.18. The fourth-order valence-electron chi connectivity index (χ4n) is 2.05. The van der Waals surface area contributed by atoms with Gasteiger partial charge in [0.25, 0.3) is 0 Å². The molecule has 0 radical (unpaired) electrons. The van der Waals surface area contributed by atoms with Crippen molar-refractivity contribution in [3.05, 3.63) is 35.4 Å². The van der Waals surface area contributed by atoms with Crippen molar-refractivity contribution < 1.29 is 0 Å². The summed E-state index contributed by atoms with van der Waals surface area (Å²) in [6.45, 7) is 2.02. The zero-order valence-electron chi connectivity index (χ0n) is 8.46. The molecule has 0 aromatic heterocycles. The zero-order valence-corrected chi connectivity index (χ0v) is 8.46. The van der Waals surface area contributed by atoms with Crippen LogP contribution in [-0.2, 0) is 0 Å². The van der Waals surface area contributed by atoms with Gasteiger partial charge in [-0.05, 0) is 31.4 Å². The highest BCUT2D eigenvalue weighted by molar-refractivity contribution is 5.67. The maximum atomic E-state index is 6.05. The number of anilines is 2. The molecule has 0 fully saturated rings. The molecule has 0 amide bonds. The van der Waals surface area contributed by atoms with Gasteiger partial charge in [-0.3, -0.25) is 0 Å². The van der Waals surface area contributed by atoms with Gasteiger partial charge in [0.1, 0.15) is 0 Å². The van der Waals surface area contributed by atoms with Crippen LogP contribution >= 0.6 is 0 Å². The Kier molecular flexibility index (Phi) is 2.20. The second kappa shape index (κ2) is 3.37. The van der Waals surface area contributed by atoms with Crippen LogP contribution in [0.2, 0.25) is 0 Å². The van der Waals surface area contributed by atoms with Gasteiger partial charge in [0.05, 0.1) is 0 Å². The molecule has 0 saturated carbocycles. The van der Waals surface area contributed by atoms with Crippen LogP contribution in [0.15, 0.2) is 24.3 Å². The first-order valence-electron chi connectivity index (χ1n) is 5.01. The Morgan fingerprint density at radius 1 is 1.29 bits per heavy atom. The standard InChI is InChI=1S/C12H16N2/c1-8-6-7-10(13)11(12(8)14)9-4-2-3-5-9/h2,4,6-7,9H,3,5,13-14H2,1H3. The van der Waals surface area contributed by atoms with E-state index in [0.717, 1.165) is 35.3 Å². The van der Waals surface area contributed by atoms with Crippen LogP contribution in [0.3, 0.4) is 0 Å². The van der Waals surface area contributed by atoms with E-state index in [1.165, 1.54) is 0 Å². The molecule has 1 aliphatic carbocycles. The molecule has 1 aromatic rings. The summed E-state index contributed by atoms with van der Waals surface area (Å²) < 4.78 is 0. The first kappa shape index (κ1) is 9.13. The van der Waals surface area contributed by atoms with Gasteiger partial charge in [0.2, 0.25) is 0 Å². The summed E-state index contributed by atoms with van der Waals surface area (Å²) in [5.41, 5.74) is 15.9. The molecule has 0 aliphatic heterocycles. The third-order valence-electron chi connectivity index (χ3n) is 2.92. The van der Waals surface area contributed by atoms with Crippen molar-refractivity contribution in [1.82, 2.24) is 0 Å². The summed E-state index contributed by atoms with van der Waals surface area (Å²) in [4.78, 5) is 0. The van der Waals surface area contributed by atoms with E-state index in [2.05, 4.69) is 12.2 Å². The second-order valence-electron chi connectivity index (χ2n) is 3.91. The van der Waals surface area contributed by atoms with E-state index in [4.69, 9.17) is 11.5 Å². The molecule has 1 aliphatic rings. The van der Waals surface area contributed by atoms with Crippen molar-refractivity contribution in [2.75, 3.05) is 11.5 Å². The highest BCUT2D eigenvalue weighted by atomic mass is 14.6.